The van der Waals surface area contributed by atoms with Crippen molar-refractivity contribution in [2.75, 3.05) is 11.9 Å². The van der Waals surface area contributed by atoms with Crippen LogP contribution in [0, 0.1) is 17.2 Å². The minimum atomic E-state index is 0.0183. The van der Waals surface area contributed by atoms with E-state index in [1.165, 1.54) is 11.1 Å². The molecule has 0 amide bonds. The molecule has 0 saturated heterocycles. The van der Waals surface area contributed by atoms with E-state index in [0.717, 1.165) is 12.1 Å². The lowest BCUT2D eigenvalue weighted by atomic mass is 10.0. The van der Waals surface area contributed by atoms with Gasteiger partial charge >= 0.3 is 0 Å². The van der Waals surface area contributed by atoms with E-state index in [9.17, 15) is 0 Å². The molecule has 1 unspecified atom stereocenters. The highest BCUT2D eigenvalue weighted by Gasteiger charge is 2.04. The molecule has 0 saturated carbocycles. The normalized spacial score (nSPS) is 11.6. The van der Waals surface area contributed by atoms with E-state index in [1.807, 2.05) is 19.1 Å². The number of para-hydroxylation sites is 1. The van der Waals surface area contributed by atoms with Crippen LogP contribution in [0.3, 0.4) is 0 Å². The first-order chi connectivity index (χ1) is 9.29. The molecule has 1 atom stereocenters. The van der Waals surface area contributed by atoms with Crippen molar-refractivity contribution in [1.82, 2.24) is 0 Å². The van der Waals surface area contributed by atoms with Gasteiger partial charge in [-0.1, -0.05) is 48.5 Å². The summed E-state index contributed by atoms with van der Waals surface area (Å²) in [6.07, 6.45) is 0.908. The minimum Gasteiger partial charge on any atom is -0.384 e. The fourth-order valence-electron chi connectivity index (χ4n) is 1.97. The van der Waals surface area contributed by atoms with Crippen molar-refractivity contribution >= 4 is 5.69 Å². The molecule has 0 radical (unpaired) electrons. The number of benzene rings is 2. The van der Waals surface area contributed by atoms with Crippen molar-refractivity contribution in [3.05, 3.63) is 65.7 Å². The summed E-state index contributed by atoms with van der Waals surface area (Å²) in [4.78, 5) is 0. The monoisotopic (exact) mass is 250 g/mol. The Morgan fingerprint density at radius 2 is 1.74 bits per heavy atom. The molecule has 96 valence electrons. The van der Waals surface area contributed by atoms with Gasteiger partial charge in [0.15, 0.2) is 0 Å². The third kappa shape index (κ3) is 3.86. The summed E-state index contributed by atoms with van der Waals surface area (Å²) in [5.74, 6) is 0.0183. The molecule has 2 heteroatoms. The SMILES string of the molecule is CC(C#N)CNc1ccccc1Cc1ccccc1. The molecule has 19 heavy (non-hydrogen) atoms. The second kappa shape index (κ2) is 6.61. The highest BCUT2D eigenvalue weighted by Crippen LogP contribution is 2.19. The summed E-state index contributed by atoms with van der Waals surface area (Å²) in [6, 6.07) is 20.9. The lowest BCUT2D eigenvalue weighted by Gasteiger charge is -2.13. The summed E-state index contributed by atoms with van der Waals surface area (Å²) in [7, 11) is 0. The zero-order valence-electron chi connectivity index (χ0n) is 11.1. The first-order valence-electron chi connectivity index (χ1n) is 6.55. The predicted molar refractivity (Wildman–Crippen MR) is 79.0 cm³/mol. The summed E-state index contributed by atoms with van der Waals surface area (Å²) < 4.78 is 0. The molecule has 1 N–H and O–H groups in total. The number of nitriles is 1. The highest BCUT2D eigenvalue weighted by atomic mass is 14.9. The summed E-state index contributed by atoms with van der Waals surface area (Å²) >= 11 is 0. The van der Waals surface area contributed by atoms with Gasteiger partial charge in [0.1, 0.15) is 0 Å². The quantitative estimate of drug-likeness (QED) is 0.875. The molecule has 0 heterocycles. The van der Waals surface area contributed by atoms with Crippen LogP contribution in [0.5, 0.6) is 0 Å². The van der Waals surface area contributed by atoms with Crippen LogP contribution in [0.15, 0.2) is 54.6 Å². The average molecular weight is 250 g/mol. The molecular formula is C17H18N2. The number of anilines is 1. The Hall–Kier alpha value is -2.27. The van der Waals surface area contributed by atoms with Gasteiger partial charge in [-0.05, 0) is 30.5 Å². The van der Waals surface area contributed by atoms with Crippen LogP contribution < -0.4 is 5.32 Å². The molecule has 2 aromatic rings. The maximum absolute atomic E-state index is 8.83. The van der Waals surface area contributed by atoms with Crippen LogP contribution in [0.25, 0.3) is 0 Å². The van der Waals surface area contributed by atoms with Gasteiger partial charge in [0, 0.05) is 12.2 Å². The van der Waals surface area contributed by atoms with Crippen molar-refractivity contribution in [1.29, 1.82) is 5.26 Å². The van der Waals surface area contributed by atoms with E-state index in [1.54, 1.807) is 0 Å². The van der Waals surface area contributed by atoms with Gasteiger partial charge in [-0.25, -0.2) is 0 Å². The van der Waals surface area contributed by atoms with Crippen LogP contribution in [0.2, 0.25) is 0 Å². The molecule has 2 rings (SSSR count). The molecular weight excluding hydrogens is 232 g/mol. The standard InChI is InChI=1S/C17H18N2/c1-14(12-18)13-19-17-10-6-5-9-16(17)11-15-7-3-2-4-8-15/h2-10,14,19H,11,13H2,1H3. The Balaban J connectivity index is 2.10. The van der Waals surface area contributed by atoms with Gasteiger partial charge < -0.3 is 5.32 Å². The fourth-order valence-corrected chi connectivity index (χ4v) is 1.97. The van der Waals surface area contributed by atoms with Crippen molar-refractivity contribution < 1.29 is 0 Å². The van der Waals surface area contributed by atoms with Crippen molar-refractivity contribution in [3.63, 3.8) is 0 Å². The van der Waals surface area contributed by atoms with Gasteiger partial charge in [0.2, 0.25) is 0 Å². The predicted octanol–water partition coefficient (Wildman–Crippen LogP) is 3.85. The molecule has 2 nitrogen and oxygen atoms in total. The van der Waals surface area contributed by atoms with Crippen LogP contribution in [0.1, 0.15) is 18.1 Å². The van der Waals surface area contributed by atoms with Crippen molar-refractivity contribution in [2.45, 2.75) is 13.3 Å². The summed E-state index contributed by atoms with van der Waals surface area (Å²) in [6.45, 7) is 2.61. The zero-order valence-corrected chi connectivity index (χ0v) is 11.1. The molecule has 0 spiro atoms. The largest absolute Gasteiger partial charge is 0.384 e. The van der Waals surface area contributed by atoms with Gasteiger partial charge in [0.05, 0.1) is 12.0 Å². The number of hydrogen-bond acceptors (Lipinski definition) is 2. The maximum Gasteiger partial charge on any atom is 0.0671 e. The van der Waals surface area contributed by atoms with E-state index in [2.05, 4.69) is 53.9 Å². The number of nitrogens with one attached hydrogen (secondary N) is 1. The van der Waals surface area contributed by atoms with E-state index in [0.29, 0.717) is 6.54 Å². The maximum atomic E-state index is 8.83. The summed E-state index contributed by atoms with van der Waals surface area (Å²) in [5.41, 5.74) is 3.68. The van der Waals surface area contributed by atoms with Gasteiger partial charge in [-0.15, -0.1) is 0 Å². The van der Waals surface area contributed by atoms with E-state index in [4.69, 9.17) is 5.26 Å². The molecule has 2 aromatic carbocycles. The highest BCUT2D eigenvalue weighted by molar-refractivity contribution is 5.52. The van der Waals surface area contributed by atoms with Crippen LogP contribution in [-0.4, -0.2) is 6.54 Å². The average Bonchev–Trinajstić information content (AvgIpc) is 2.47. The first-order valence-corrected chi connectivity index (χ1v) is 6.55. The molecule has 0 aromatic heterocycles. The Kier molecular flexibility index (Phi) is 4.58. The van der Waals surface area contributed by atoms with Gasteiger partial charge in [0.25, 0.3) is 0 Å². The molecule has 0 fully saturated rings. The third-order valence-electron chi connectivity index (χ3n) is 3.07. The lowest BCUT2D eigenvalue weighted by Crippen LogP contribution is -2.10. The van der Waals surface area contributed by atoms with E-state index in [-0.39, 0.29) is 5.92 Å². The Labute approximate surface area is 114 Å². The Bertz CT molecular complexity index is 555. The minimum absolute atomic E-state index is 0.0183. The van der Waals surface area contributed by atoms with E-state index >= 15 is 0 Å². The molecule has 0 aliphatic carbocycles. The zero-order chi connectivity index (χ0) is 13.5. The number of rotatable bonds is 5. The molecule has 0 bridgehead atoms. The summed E-state index contributed by atoms with van der Waals surface area (Å²) in [5, 5.41) is 12.2. The smallest absolute Gasteiger partial charge is 0.0671 e. The van der Waals surface area contributed by atoms with Gasteiger partial charge in [-0.2, -0.15) is 5.26 Å². The molecule has 0 aliphatic heterocycles. The Morgan fingerprint density at radius 1 is 1.05 bits per heavy atom. The van der Waals surface area contributed by atoms with E-state index < -0.39 is 0 Å². The fraction of sp³-hybridized carbons (Fsp3) is 0.235. The van der Waals surface area contributed by atoms with Gasteiger partial charge in [-0.3, -0.25) is 0 Å². The second-order valence-corrected chi connectivity index (χ2v) is 4.73. The third-order valence-corrected chi connectivity index (χ3v) is 3.07. The van der Waals surface area contributed by atoms with Crippen molar-refractivity contribution in [3.8, 4) is 6.07 Å². The number of nitrogens with zero attached hydrogens (tertiary/aromatic N) is 1. The topological polar surface area (TPSA) is 35.8 Å². The second-order valence-electron chi connectivity index (χ2n) is 4.73. The lowest BCUT2D eigenvalue weighted by molar-refractivity contribution is 0.785. The number of hydrogen-bond donors (Lipinski definition) is 1. The van der Waals surface area contributed by atoms with Crippen LogP contribution in [0.4, 0.5) is 5.69 Å². The van der Waals surface area contributed by atoms with Crippen LogP contribution >= 0.6 is 0 Å². The first kappa shape index (κ1) is 13.2. The Morgan fingerprint density at radius 3 is 2.47 bits per heavy atom. The molecule has 0 aliphatic rings. The van der Waals surface area contributed by atoms with Crippen LogP contribution in [-0.2, 0) is 6.42 Å². The van der Waals surface area contributed by atoms with Crippen molar-refractivity contribution in [2.24, 2.45) is 5.92 Å².